The van der Waals surface area contributed by atoms with Crippen molar-refractivity contribution in [2.75, 3.05) is 13.2 Å². The van der Waals surface area contributed by atoms with E-state index in [9.17, 15) is 19.6 Å². The van der Waals surface area contributed by atoms with Crippen LogP contribution in [0, 0.1) is 18.3 Å². The highest BCUT2D eigenvalue weighted by molar-refractivity contribution is 5.86. The standard InChI is InChI=1S/C29H33N3O5/c1-20(2)29(35)37-16-9-5-4-8-15-36-27(34)14-10-12-22-17-26(33)32-19-25(24(18-30)28(32)31-22)23-13-7-6-11-21(23)3/h6-7,11,13,17,19,31H,1,4-5,8-10,12,14-16H2,2-3H3. The number of nitrogens with one attached hydrogen (secondary N) is 1. The zero-order valence-electron chi connectivity index (χ0n) is 21.5. The number of carbonyl (C=O) groups excluding carboxylic acids is 2. The van der Waals surface area contributed by atoms with Crippen LogP contribution in [0.1, 0.15) is 62.3 Å². The lowest BCUT2D eigenvalue weighted by molar-refractivity contribution is -0.144. The number of carbonyl (C=O) groups is 2. The van der Waals surface area contributed by atoms with Crippen molar-refractivity contribution in [1.82, 2.24) is 9.38 Å². The van der Waals surface area contributed by atoms with Gasteiger partial charge in [0.05, 0.1) is 13.2 Å². The molecule has 8 nitrogen and oxygen atoms in total. The third-order valence-corrected chi connectivity index (χ3v) is 6.08. The van der Waals surface area contributed by atoms with Crippen LogP contribution in [-0.4, -0.2) is 34.5 Å². The number of benzene rings is 1. The van der Waals surface area contributed by atoms with Gasteiger partial charge < -0.3 is 14.5 Å². The molecule has 1 aromatic carbocycles. The average Bonchev–Trinajstić information content (AvgIpc) is 3.24. The summed E-state index contributed by atoms with van der Waals surface area (Å²) >= 11 is 0. The van der Waals surface area contributed by atoms with E-state index in [0.29, 0.717) is 54.1 Å². The Morgan fingerprint density at radius 1 is 1.05 bits per heavy atom. The maximum absolute atomic E-state index is 12.7. The van der Waals surface area contributed by atoms with Crippen molar-refractivity contribution < 1.29 is 19.1 Å². The molecule has 0 aliphatic carbocycles. The summed E-state index contributed by atoms with van der Waals surface area (Å²) in [6.07, 6.45) is 6.21. The number of nitrogens with zero attached hydrogens (tertiary/aromatic N) is 2. The van der Waals surface area contributed by atoms with Crippen LogP contribution in [0.3, 0.4) is 0 Å². The molecule has 37 heavy (non-hydrogen) atoms. The van der Waals surface area contributed by atoms with Crippen LogP contribution in [0.5, 0.6) is 0 Å². The summed E-state index contributed by atoms with van der Waals surface area (Å²) in [7, 11) is 0. The maximum Gasteiger partial charge on any atom is 0.333 e. The first kappa shape index (κ1) is 27.5. The molecule has 0 saturated heterocycles. The van der Waals surface area contributed by atoms with Crippen molar-refractivity contribution in [2.24, 2.45) is 0 Å². The number of nitriles is 1. The second-order valence-electron chi connectivity index (χ2n) is 9.10. The van der Waals surface area contributed by atoms with Gasteiger partial charge in [-0.1, -0.05) is 30.8 Å². The van der Waals surface area contributed by atoms with Crippen LogP contribution in [0.2, 0.25) is 0 Å². The van der Waals surface area contributed by atoms with Crippen molar-refractivity contribution in [3.63, 3.8) is 0 Å². The maximum atomic E-state index is 12.7. The molecule has 0 atom stereocenters. The highest BCUT2D eigenvalue weighted by Gasteiger charge is 2.16. The Morgan fingerprint density at radius 3 is 2.43 bits per heavy atom. The molecule has 2 heterocycles. The lowest BCUT2D eigenvalue weighted by atomic mass is 10.0. The SMILES string of the molecule is C=C(C)C(=O)OCCCCCCOC(=O)CCCc1cc(=O)n2cc(-c3ccccc3C)c(C#N)c2[nH]1. The molecule has 0 amide bonds. The van der Waals surface area contributed by atoms with Gasteiger partial charge in [0, 0.05) is 35.5 Å². The van der Waals surface area contributed by atoms with Gasteiger partial charge in [0.25, 0.3) is 5.56 Å². The van der Waals surface area contributed by atoms with E-state index < -0.39 is 0 Å². The fraction of sp³-hybridized carbons (Fsp3) is 0.379. The first-order valence-electron chi connectivity index (χ1n) is 12.5. The number of unbranched alkanes of at least 4 members (excludes halogenated alkanes) is 3. The Kier molecular flexibility index (Phi) is 9.84. The van der Waals surface area contributed by atoms with E-state index in [1.807, 2.05) is 31.2 Å². The summed E-state index contributed by atoms with van der Waals surface area (Å²) in [5.74, 6) is -0.648. The van der Waals surface area contributed by atoms with E-state index >= 15 is 0 Å². The largest absolute Gasteiger partial charge is 0.466 e. The molecule has 0 aliphatic rings. The number of aryl methyl sites for hydroxylation is 2. The van der Waals surface area contributed by atoms with Crippen LogP contribution in [-0.2, 0) is 25.5 Å². The minimum Gasteiger partial charge on any atom is -0.466 e. The molecule has 0 unspecified atom stereocenters. The highest BCUT2D eigenvalue weighted by Crippen LogP contribution is 2.29. The molecule has 8 heteroatoms. The molecule has 3 aromatic rings. The molecule has 1 N–H and O–H groups in total. The first-order chi connectivity index (χ1) is 17.8. The van der Waals surface area contributed by atoms with Gasteiger partial charge in [0.2, 0.25) is 0 Å². The predicted molar refractivity (Wildman–Crippen MR) is 141 cm³/mol. The Hall–Kier alpha value is -4.12. The molecule has 194 valence electrons. The number of rotatable bonds is 13. The van der Waals surface area contributed by atoms with Gasteiger partial charge in [-0.2, -0.15) is 5.26 Å². The Balaban J connectivity index is 1.46. The number of fused-ring (bicyclic) bond motifs is 1. The summed E-state index contributed by atoms with van der Waals surface area (Å²) in [6.45, 7) is 7.84. The van der Waals surface area contributed by atoms with Gasteiger partial charge in [-0.05, 0) is 63.5 Å². The van der Waals surface area contributed by atoms with Crippen LogP contribution >= 0.6 is 0 Å². The predicted octanol–water partition coefficient (Wildman–Crippen LogP) is 5.02. The number of ether oxygens (including phenoxy) is 2. The molecule has 0 fully saturated rings. The van der Waals surface area contributed by atoms with Crippen LogP contribution in [0.25, 0.3) is 16.8 Å². The van der Waals surface area contributed by atoms with Crippen molar-refractivity contribution in [2.45, 2.75) is 58.8 Å². The quantitative estimate of drug-likeness (QED) is 0.199. The zero-order chi connectivity index (χ0) is 26.8. The molecule has 0 saturated carbocycles. The van der Waals surface area contributed by atoms with Crippen LogP contribution in [0.15, 0.2) is 53.5 Å². The minimum atomic E-state index is -0.371. The van der Waals surface area contributed by atoms with Gasteiger partial charge in [0.1, 0.15) is 17.3 Å². The fourth-order valence-corrected chi connectivity index (χ4v) is 4.06. The monoisotopic (exact) mass is 503 g/mol. The number of hydrogen-bond donors (Lipinski definition) is 1. The van der Waals surface area contributed by atoms with E-state index in [0.717, 1.165) is 36.8 Å². The molecule has 0 spiro atoms. The van der Waals surface area contributed by atoms with Gasteiger partial charge in [-0.25, -0.2) is 4.79 Å². The molecular formula is C29H33N3O5. The summed E-state index contributed by atoms with van der Waals surface area (Å²) < 4.78 is 11.8. The van der Waals surface area contributed by atoms with E-state index in [-0.39, 0.29) is 23.9 Å². The normalized spacial score (nSPS) is 10.7. The van der Waals surface area contributed by atoms with E-state index in [4.69, 9.17) is 9.47 Å². The fourth-order valence-electron chi connectivity index (χ4n) is 4.06. The topological polar surface area (TPSA) is 114 Å². The van der Waals surface area contributed by atoms with Crippen LogP contribution in [0.4, 0.5) is 0 Å². The number of aromatic amines is 1. The second-order valence-corrected chi connectivity index (χ2v) is 9.10. The Bertz CT molecular complexity index is 1380. The Labute approximate surface area is 216 Å². The first-order valence-corrected chi connectivity index (χ1v) is 12.5. The average molecular weight is 504 g/mol. The van der Waals surface area contributed by atoms with Gasteiger partial charge >= 0.3 is 11.9 Å². The van der Waals surface area contributed by atoms with Crippen molar-refractivity contribution in [1.29, 1.82) is 5.26 Å². The van der Waals surface area contributed by atoms with Gasteiger partial charge in [-0.15, -0.1) is 0 Å². The van der Waals surface area contributed by atoms with Crippen molar-refractivity contribution in [3.8, 4) is 17.2 Å². The zero-order valence-corrected chi connectivity index (χ0v) is 21.5. The van der Waals surface area contributed by atoms with E-state index in [2.05, 4.69) is 17.6 Å². The lowest BCUT2D eigenvalue weighted by Gasteiger charge is -2.06. The van der Waals surface area contributed by atoms with E-state index in [1.54, 1.807) is 13.1 Å². The van der Waals surface area contributed by atoms with E-state index in [1.165, 1.54) is 10.5 Å². The molecule has 2 aromatic heterocycles. The molecule has 3 rings (SSSR count). The van der Waals surface area contributed by atoms with Crippen molar-refractivity contribution in [3.05, 3.63) is 75.9 Å². The summed E-state index contributed by atoms with van der Waals surface area (Å²) in [6, 6.07) is 11.5. The third-order valence-electron chi connectivity index (χ3n) is 6.08. The lowest BCUT2D eigenvalue weighted by Crippen LogP contribution is -2.14. The number of H-pyrrole nitrogens is 1. The number of esters is 2. The number of hydrogen-bond acceptors (Lipinski definition) is 6. The third kappa shape index (κ3) is 7.43. The number of aromatic nitrogens is 2. The summed E-state index contributed by atoms with van der Waals surface area (Å²) in [4.78, 5) is 39.3. The minimum absolute atomic E-state index is 0.225. The van der Waals surface area contributed by atoms with Gasteiger partial charge in [0.15, 0.2) is 0 Å². The smallest absolute Gasteiger partial charge is 0.333 e. The molecule has 0 aliphatic heterocycles. The molecule has 0 bridgehead atoms. The summed E-state index contributed by atoms with van der Waals surface area (Å²) in [5, 5.41) is 9.82. The Morgan fingerprint density at radius 2 is 1.76 bits per heavy atom. The molecule has 0 radical (unpaired) electrons. The highest BCUT2D eigenvalue weighted by atomic mass is 16.5. The van der Waals surface area contributed by atoms with Crippen LogP contribution < -0.4 is 5.56 Å². The van der Waals surface area contributed by atoms with Gasteiger partial charge in [-0.3, -0.25) is 14.0 Å². The van der Waals surface area contributed by atoms with Crippen molar-refractivity contribution >= 4 is 17.6 Å². The second kappa shape index (κ2) is 13.3. The molecular weight excluding hydrogens is 470 g/mol. The summed E-state index contributed by atoms with van der Waals surface area (Å²) in [5.41, 5.74) is 4.35.